The fraction of sp³-hybridized carbons (Fsp3) is 0.500. The van der Waals surface area contributed by atoms with Gasteiger partial charge in [-0.15, -0.1) is 0 Å². The van der Waals surface area contributed by atoms with Crippen LogP contribution in [0.15, 0.2) is 30.3 Å². The Balaban J connectivity index is 2.13. The van der Waals surface area contributed by atoms with Crippen molar-refractivity contribution in [3.05, 3.63) is 35.9 Å². The van der Waals surface area contributed by atoms with E-state index in [1.54, 1.807) is 0 Å². The Hall–Kier alpha value is -0.222. The van der Waals surface area contributed by atoms with Crippen molar-refractivity contribution >= 4 is 15.8 Å². The Morgan fingerprint density at radius 3 is 2.46 bits per heavy atom. The Bertz CT molecular complexity index is 216. The molecule has 0 aliphatic rings. The second-order valence-electron chi connectivity index (χ2n) is 3.59. The van der Waals surface area contributed by atoms with E-state index in [9.17, 15) is 0 Å². The maximum atomic E-state index is 2.34. The van der Waals surface area contributed by atoms with Crippen molar-refractivity contribution in [2.24, 2.45) is 0 Å². The molecule has 1 aromatic carbocycles. The minimum absolute atomic E-state index is 0.600. The summed E-state index contributed by atoms with van der Waals surface area (Å²) in [5.41, 5.74) is 1.49. The van der Waals surface area contributed by atoms with Crippen molar-refractivity contribution in [1.29, 1.82) is 0 Å². The van der Waals surface area contributed by atoms with Gasteiger partial charge in [-0.25, -0.2) is 0 Å². The molecule has 1 heteroatoms. The third-order valence-corrected chi connectivity index (χ3v) is 4.70. The Kier molecular flexibility index (Phi) is 5.23. The zero-order chi connectivity index (χ0) is 9.52. The van der Waals surface area contributed by atoms with Gasteiger partial charge in [0.25, 0.3) is 0 Å². The molecule has 0 aliphatic carbocycles. The summed E-state index contributed by atoms with van der Waals surface area (Å²) in [6, 6.07) is 10.8. The first-order valence-corrected chi connectivity index (χ1v) is 7.40. The quantitative estimate of drug-likeness (QED) is 0.542. The first-order chi connectivity index (χ1) is 6.29. The molecule has 1 rings (SSSR count). The Labute approximate surface area is 88.4 Å². The molecule has 1 aromatic rings. The summed E-state index contributed by atoms with van der Waals surface area (Å²) in [7, 11) is 0. The molecule has 0 saturated heterocycles. The van der Waals surface area contributed by atoms with Gasteiger partial charge in [-0.2, -0.15) is 0 Å². The van der Waals surface area contributed by atoms with Crippen LogP contribution < -0.4 is 0 Å². The van der Waals surface area contributed by atoms with Crippen LogP contribution in [-0.4, -0.2) is 15.8 Å². The van der Waals surface area contributed by atoms with Gasteiger partial charge in [-0.1, -0.05) is 0 Å². The fourth-order valence-electron chi connectivity index (χ4n) is 1.28. The van der Waals surface area contributed by atoms with Crippen molar-refractivity contribution in [1.82, 2.24) is 0 Å². The van der Waals surface area contributed by atoms with Gasteiger partial charge in [0.1, 0.15) is 0 Å². The molecule has 0 fully saturated rings. The zero-order valence-corrected chi connectivity index (χ0v) is 10.4. The molecular formula is C12H18As. The van der Waals surface area contributed by atoms with Crippen molar-refractivity contribution in [3.8, 4) is 0 Å². The number of hydrogen-bond acceptors (Lipinski definition) is 0. The monoisotopic (exact) mass is 237 g/mol. The summed E-state index contributed by atoms with van der Waals surface area (Å²) in [5.74, 6) is 0. The van der Waals surface area contributed by atoms with E-state index in [1.807, 2.05) is 0 Å². The molecule has 0 saturated carbocycles. The SMILES string of the molecule is CC(C)[As]CCCc1ccccc1. The van der Waals surface area contributed by atoms with Crippen LogP contribution in [0.5, 0.6) is 0 Å². The summed E-state index contributed by atoms with van der Waals surface area (Å²) < 4.78 is 0.951. The molecule has 0 aliphatic heterocycles. The first kappa shape index (κ1) is 10.9. The standard InChI is InChI=1S/C12H18As/c1-11(2)13-10-6-9-12-7-4-3-5-8-12/h3-5,7-8,11H,6,9-10H2,1-2H3. The third-order valence-electron chi connectivity index (χ3n) is 1.96. The number of hydrogen-bond donors (Lipinski definition) is 0. The predicted octanol–water partition coefficient (Wildman–Crippen LogP) is 3.57. The van der Waals surface area contributed by atoms with Crippen LogP contribution >= 0.6 is 0 Å². The molecule has 0 heterocycles. The predicted molar refractivity (Wildman–Crippen MR) is 60.4 cm³/mol. The molecule has 0 N–H and O–H groups in total. The van der Waals surface area contributed by atoms with Gasteiger partial charge in [0, 0.05) is 0 Å². The summed E-state index contributed by atoms with van der Waals surface area (Å²) >= 11 is 0.600. The normalized spacial score (nSPS) is 11.6. The van der Waals surface area contributed by atoms with Crippen LogP contribution in [0, 0.1) is 0 Å². The second kappa shape index (κ2) is 6.27. The van der Waals surface area contributed by atoms with E-state index in [0.717, 1.165) is 4.71 Å². The van der Waals surface area contributed by atoms with Gasteiger partial charge in [0.15, 0.2) is 0 Å². The first-order valence-electron chi connectivity index (χ1n) is 4.99. The van der Waals surface area contributed by atoms with Gasteiger partial charge in [-0.05, 0) is 0 Å². The average Bonchev–Trinajstić information content (AvgIpc) is 2.14. The number of benzene rings is 1. The summed E-state index contributed by atoms with van der Waals surface area (Å²) in [5, 5.41) is 1.46. The third kappa shape index (κ3) is 5.16. The van der Waals surface area contributed by atoms with Crippen LogP contribution in [0.4, 0.5) is 0 Å². The second-order valence-corrected chi connectivity index (χ2v) is 7.46. The van der Waals surface area contributed by atoms with Gasteiger partial charge in [-0.3, -0.25) is 0 Å². The topological polar surface area (TPSA) is 0 Å². The van der Waals surface area contributed by atoms with Crippen molar-refractivity contribution < 1.29 is 0 Å². The van der Waals surface area contributed by atoms with Crippen LogP contribution in [-0.2, 0) is 6.42 Å². The van der Waals surface area contributed by atoms with E-state index < -0.39 is 0 Å². The van der Waals surface area contributed by atoms with Gasteiger partial charge in [0.05, 0.1) is 0 Å². The van der Waals surface area contributed by atoms with Gasteiger partial charge in [0.2, 0.25) is 0 Å². The van der Waals surface area contributed by atoms with Gasteiger partial charge >= 0.3 is 88.3 Å². The van der Waals surface area contributed by atoms with Gasteiger partial charge < -0.3 is 0 Å². The summed E-state index contributed by atoms with van der Waals surface area (Å²) in [6.07, 6.45) is 2.64. The van der Waals surface area contributed by atoms with Crippen LogP contribution in [0.1, 0.15) is 25.8 Å². The van der Waals surface area contributed by atoms with E-state index in [-0.39, 0.29) is 0 Å². The van der Waals surface area contributed by atoms with Crippen molar-refractivity contribution in [2.45, 2.75) is 36.6 Å². The molecule has 0 aromatic heterocycles. The summed E-state index contributed by atoms with van der Waals surface area (Å²) in [4.78, 5) is 0. The fourth-order valence-corrected chi connectivity index (χ4v) is 3.08. The van der Waals surface area contributed by atoms with E-state index in [1.165, 1.54) is 23.6 Å². The zero-order valence-electron chi connectivity index (χ0n) is 8.53. The molecule has 13 heavy (non-hydrogen) atoms. The average molecular weight is 237 g/mol. The molecule has 0 spiro atoms. The van der Waals surface area contributed by atoms with Crippen LogP contribution in [0.3, 0.4) is 0 Å². The molecule has 0 bridgehead atoms. The molecule has 1 radical (unpaired) electrons. The maximum absolute atomic E-state index is 2.34. The minimum atomic E-state index is 0.600. The molecule has 0 unspecified atom stereocenters. The van der Waals surface area contributed by atoms with Crippen molar-refractivity contribution in [3.63, 3.8) is 0 Å². The Morgan fingerprint density at radius 2 is 1.85 bits per heavy atom. The number of aryl methyl sites for hydroxylation is 1. The summed E-state index contributed by atoms with van der Waals surface area (Å²) in [6.45, 7) is 4.67. The van der Waals surface area contributed by atoms with Crippen molar-refractivity contribution in [2.75, 3.05) is 0 Å². The van der Waals surface area contributed by atoms with E-state index >= 15 is 0 Å². The van der Waals surface area contributed by atoms with E-state index in [0.29, 0.717) is 15.8 Å². The van der Waals surface area contributed by atoms with E-state index in [2.05, 4.69) is 44.2 Å². The van der Waals surface area contributed by atoms with Crippen LogP contribution in [0.2, 0.25) is 9.91 Å². The molecule has 0 atom stereocenters. The molecule has 71 valence electrons. The Morgan fingerprint density at radius 1 is 1.15 bits per heavy atom. The molecular weight excluding hydrogens is 219 g/mol. The van der Waals surface area contributed by atoms with Crippen LogP contribution in [0.25, 0.3) is 0 Å². The number of rotatable bonds is 5. The molecule has 0 nitrogen and oxygen atoms in total. The molecule has 0 amide bonds. The van der Waals surface area contributed by atoms with E-state index in [4.69, 9.17) is 0 Å².